The van der Waals surface area contributed by atoms with E-state index < -0.39 is 0 Å². The Morgan fingerprint density at radius 1 is 1.47 bits per heavy atom. The molecule has 0 atom stereocenters. The van der Waals surface area contributed by atoms with Crippen molar-refractivity contribution < 1.29 is 9.53 Å². The fourth-order valence-electron chi connectivity index (χ4n) is 1.45. The molecule has 98 valence electrons. The summed E-state index contributed by atoms with van der Waals surface area (Å²) in [7, 11) is 0. The minimum Gasteiger partial charge on any atom is -0.437 e. The molecule has 0 spiro atoms. The summed E-state index contributed by atoms with van der Waals surface area (Å²) in [4.78, 5) is 19.4. The highest BCUT2D eigenvalue weighted by molar-refractivity contribution is 6.31. The number of nitrogens with zero attached hydrogens (tertiary/aromatic N) is 2. The molecule has 6 heteroatoms. The second kappa shape index (κ2) is 6.15. The van der Waals surface area contributed by atoms with Gasteiger partial charge in [0, 0.05) is 12.1 Å². The van der Waals surface area contributed by atoms with Gasteiger partial charge in [-0.05, 0) is 25.1 Å². The molecular formula is C13H12ClN3O2. The number of nitrogens with one attached hydrogen (secondary N) is 1. The highest BCUT2D eigenvalue weighted by Gasteiger charge is 2.08. The lowest BCUT2D eigenvalue weighted by molar-refractivity contribution is 0.0955. The maximum atomic E-state index is 11.7. The third-order valence-electron chi connectivity index (χ3n) is 2.28. The maximum Gasteiger partial charge on any atom is 0.251 e. The second-order valence-electron chi connectivity index (χ2n) is 3.67. The van der Waals surface area contributed by atoms with Crippen LogP contribution in [-0.4, -0.2) is 22.4 Å². The van der Waals surface area contributed by atoms with Gasteiger partial charge in [-0.25, -0.2) is 9.97 Å². The molecule has 1 amide bonds. The van der Waals surface area contributed by atoms with E-state index in [0.29, 0.717) is 22.9 Å². The predicted octanol–water partition coefficient (Wildman–Crippen LogP) is 2.67. The zero-order valence-corrected chi connectivity index (χ0v) is 11.0. The molecule has 0 bridgehead atoms. The van der Waals surface area contributed by atoms with Crippen molar-refractivity contribution in [1.29, 1.82) is 0 Å². The van der Waals surface area contributed by atoms with Crippen molar-refractivity contribution in [1.82, 2.24) is 15.3 Å². The number of carbonyl (C=O) groups is 1. The van der Waals surface area contributed by atoms with Crippen LogP contribution >= 0.6 is 11.6 Å². The Kier molecular flexibility index (Phi) is 4.30. The van der Waals surface area contributed by atoms with Gasteiger partial charge >= 0.3 is 0 Å². The van der Waals surface area contributed by atoms with Crippen LogP contribution in [0, 0.1) is 0 Å². The number of ether oxygens (including phenoxy) is 1. The van der Waals surface area contributed by atoms with E-state index >= 15 is 0 Å². The highest BCUT2D eigenvalue weighted by Crippen LogP contribution is 2.26. The molecule has 1 N–H and O–H groups in total. The van der Waals surface area contributed by atoms with Gasteiger partial charge in [0.25, 0.3) is 5.91 Å². The summed E-state index contributed by atoms with van der Waals surface area (Å²) in [5.74, 6) is 0.593. The van der Waals surface area contributed by atoms with E-state index in [4.69, 9.17) is 16.3 Å². The van der Waals surface area contributed by atoms with Gasteiger partial charge in [0.2, 0.25) is 5.88 Å². The molecule has 0 saturated heterocycles. The molecular weight excluding hydrogens is 266 g/mol. The molecule has 2 rings (SSSR count). The number of aromatic nitrogens is 2. The quantitative estimate of drug-likeness (QED) is 0.933. The number of rotatable bonds is 4. The summed E-state index contributed by atoms with van der Waals surface area (Å²) in [6.07, 6.45) is 2.78. The Morgan fingerprint density at radius 3 is 3.05 bits per heavy atom. The number of halogens is 1. The molecule has 1 aromatic heterocycles. The molecule has 1 aromatic carbocycles. The summed E-state index contributed by atoms with van der Waals surface area (Å²) in [5, 5.41) is 3.03. The topological polar surface area (TPSA) is 64.1 Å². The van der Waals surface area contributed by atoms with Crippen molar-refractivity contribution in [3.63, 3.8) is 0 Å². The van der Waals surface area contributed by atoms with E-state index in [9.17, 15) is 4.79 Å². The van der Waals surface area contributed by atoms with Crippen LogP contribution in [0.25, 0.3) is 0 Å². The number of carbonyl (C=O) groups excluding carboxylic acids is 1. The van der Waals surface area contributed by atoms with Gasteiger partial charge in [-0.15, -0.1) is 0 Å². The minimum atomic E-state index is -0.151. The standard InChI is InChI=1S/C13H12ClN3O2/c1-2-16-12(18)9-4-3-5-10(6-9)19-13-11(14)7-15-8-17-13/h3-8H,2H2,1H3,(H,16,18). The number of hydrogen-bond donors (Lipinski definition) is 1. The summed E-state index contributed by atoms with van der Waals surface area (Å²) < 4.78 is 5.52. The van der Waals surface area contributed by atoms with Crippen LogP contribution in [0.2, 0.25) is 5.02 Å². The zero-order valence-electron chi connectivity index (χ0n) is 10.3. The van der Waals surface area contributed by atoms with Crippen molar-refractivity contribution in [3.05, 3.63) is 47.4 Å². The average molecular weight is 278 g/mol. The van der Waals surface area contributed by atoms with Crippen LogP contribution < -0.4 is 10.1 Å². The number of hydrogen-bond acceptors (Lipinski definition) is 4. The molecule has 1 heterocycles. The van der Waals surface area contributed by atoms with Crippen molar-refractivity contribution in [2.24, 2.45) is 0 Å². The molecule has 2 aromatic rings. The Hall–Kier alpha value is -2.14. The smallest absolute Gasteiger partial charge is 0.251 e. The van der Waals surface area contributed by atoms with Gasteiger partial charge in [-0.1, -0.05) is 17.7 Å². The first-order valence-electron chi connectivity index (χ1n) is 5.72. The first kappa shape index (κ1) is 13.3. The Bertz CT molecular complexity index is 590. The van der Waals surface area contributed by atoms with Crippen LogP contribution in [-0.2, 0) is 0 Å². The molecule has 0 fully saturated rings. The summed E-state index contributed by atoms with van der Waals surface area (Å²) >= 11 is 5.90. The van der Waals surface area contributed by atoms with Crippen molar-refractivity contribution in [3.8, 4) is 11.6 Å². The van der Waals surface area contributed by atoms with E-state index in [1.165, 1.54) is 12.5 Å². The normalized spacial score (nSPS) is 10.0. The fourth-order valence-corrected chi connectivity index (χ4v) is 1.60. The van der Waals surface area contributed by atoms with Gasteiger partial charge in [0.05, 0.1) is 6.20 Å². The molecule has 0 saturated carbocycles. The molecule has 5 nitrogen and oxygen atoms in total. The highest BCUT2D eigenvalue weighted by atomic mass is 35.5. The molecule has 0 aliphatic rings. The lowest BCUT2D eigenvalue weighted by Crippen LogP contribution is -2.22. The van der Waals surface area contributed by atoms with Crippen molar-refractivity contribution >= 4 is 17.5 Å². The van der Waals surface area contributed by atoms with Crippen LogP contribution in [0.15, 0.2) is 36.8 Å². The van der Waals surface area contributed by atoms with Crippen LogP contribution in [0.1, 0.15) is 17.3 Å². The van der Waals surface area contributed by atoms with E-state index in [1.54, 1.807) is 24.3 Å². The second-order valence-corrected chi connectivity index (χ2v) is 4.07. The Balaban J connectivity index is 2.20. The van der Waals surface area contributed by atoms with Gasteiger partial charge in [-0.2, -0.15) is 0 Å². The third kappa shape index (κ3) is 3.42. The lowest BCUT2D eigenvalue weighted by atomic mass is 10.2. The molecule has 0 aliphatic carbocycles. The van der Waals surface area contributed by atoms with Crippen LogP contribution in [0.5, 0.6) is 11.6 Å². The fraction of sp³-hybridized carbons (Fsp3) is 0.154. The number of benzene rings is 1. The van der Waals surface area contributed by atoms with E-state index in [-0.39, 0.29) is 11.8 Å². The molecule has 0 radical (unpaired) electrons. The van der Waals surface area contributed by atoms with E-state index in [0.717, 1.165) is 0 Å². The lowest BCUT2D eigenvalue weighted by Gasteiger charge is -2.07. The van der Waals surface area contributed by atoms with Crippen molar-refractivity contribution in [2.75, 3.05) is 6.54 Å². The average Bonchev–Trinajstić information content (AvgIpc) is 2.42. The number of amides is 1. The van der Waals surface area contributed by atoms with Gasteiger partial charge in [0.15, 0.2) is 0 Å². The summed E-state index contributed by atoms with van der Waals surface area (Å²) in [6.45, 7) is 2.43. The summed E-state index contributed by atoms with van der Waals surface area (Å²) in [6, 6.07) is 6.79. The molecule has 0 unspecified atom stereocenters. The molecule has 0 aliphatic heterocycles. The third-order valence-corrected chi connectivity index (χ3v) is 2.54. The SMILES string of the molecule is CCNC(=O)c1cccc(Oc2ncncc2Cl)c1. The maximum absolute atomic E-state index is 11.7. The van der Waals surface area contributed by atoms with Crippen LogP contribution in [0.3, 0.4) is 0 Å². The zero-order chi connectivity index (χ0) is 13.7. The van der Waals surface area contributed by atoms with Crippen LogP contribution in [0.4, 0.5) is 0 Å². The predicted molar refractivity (Wildman–Crippen MR) is 71.6 cm³/mol. The minimum absolute atomic E-state index is 0.151. The van der Waals surface area contributed by atoms with E-state index in [1.807, 2.05) is 6.92 Å². The van der Waals surface area contributed by atoms with Gasteiger partial charge in [0.1, 0.15) is 17.1 Å². The van der Waals surface area contributed by atoms with Gasteiger partial charge in [-0.3, -0.25) is 4.79 Å². The van der Waals surface area contributed by atoms with Gasteiger partial charge < -0.3 is 10.1 Å². The largest absolute Gasteiger partial charge is 0.437 e. The monoisotopic (exact) mass is 277 g/mol. The van der Waals surface area contributed by atoms with Crippen molar-refractivity contribution in [2.45, 2.75) is 6.92 Å². The summed E-state index contributed by atoms with van der Waals surface area (Å²) in [5.41, 5.74) is 0.518. The first-order valence-corrected chi connectivity index (χ1v) is 6.10. The molecule has 19 heavy (non-hydrogen) atoms. The Labute approximate surface area is 115 Å². The Morgan fingerprint density at radius 2 is 2.32 bits per heavy atom. The first-order chi connectivity index (χ1) is 9.20. The van der Waals surface area contributed by atoms with E-state index in [2.05, 4.69) is 15.3 Å².